The van der Waals surface area contributed by atoms with E-state index in [-0.39, 0.29) is 5.91 Å². The molecule has 0 aliphatic carbocycles. The first-order valence-corrected chi connectivity index (χ1v) is 9.88. The molecule has 0 aliphatic rings. The van der Waals surface area contributed by atoms with Gasteiger partial charge in [-0.25, -0.2) is 8.42 Å². The van der Waals surface area contributed by atoms with Gasteiger partial charge >= 0.3 is 0 Å². The number of anilines is 2. The zero-order chi connectivity index (χ0) is 18.8. The number of rotatable bonds is 5. The number of sulfonamides is 1. The van der Waals surface area contributed by atoms with E-state index in [2.05, 4.69) is 5.32 Å². The second-order valence-electron chi connectivity index (χ2n) is 6.38. The van der Waals surface area contributed by atoms with E-state index in [4.69, 9.17) is 0 Å². The van der Waals surface area contributed by atoms with E-state index in [0.717, 1.165) is 22.9 Å². The van der Waals surface area contributed by atoms with Crippen molar-refractivity contribution in [1.29, 1.82) is 0 Å². The smallest absolute Gasteiger partial charge is 0.248 e. The van der Waals surface area contributed by atoms with Crippen LogP contribution in [0, 0.1) is 20.8 Å². The summed E-state index contributed by atoms with van der Waals surface area (Å²) in [5, 5.41) is 2.82. The Labute approximate surface area is 149 Å². The molecule has 0 heterocycles. The Balaban J connectivity index is 2.38. The summed E-state index contributed by atoms with van der Waals surface area (Å²) >= 11 is 0. The molecule has 2 aromatic carbocycles. The average molecular weight is 360 g/mol. The minimum absolute atomic E-state index is 0.376. The molecule has 0 saturated heterocycles. The number of nitrogens with one attached hydrogen (secondary N) is 1. The number of amides is 1. The molecule has 0 spiro atoms. The van der Waals surface area contributed by atoms with Gasteiger partial charge in [0.2, 0.25) is 15.9 Å². The SMILES string of the molecule is Cc1cc(C)cc(N([C@H](C)C(=O)Nc2ccccc2C)S(C)(=O)=O)c1. The van der Waals surface area contributed by atoms with E-state index >= 15 is 0 Å². The second-order valence-corrected chi connectivity index (χ2v) is 8.24. The van der Waals surface area contributed by atoms with Crippen LogP contribution in [0.4, 0.5) is 11.4 Å². The molecule has 0 aliphatic heterocycles. The topological polar surface area (TPSA) is 66.5 Å². The zero-order valence-electron chi connectivity index (χ0n) is 15.2. The number of nitrogens with zero attached hydrogens (tertiary/aromatic N) is 1. The standard InChI is InChI=1S/C19H24N2O3S/c1-13-10-14(2)12-17(11-13)21(25(5,23)24)16(4)19(22)20-18-9-7-6-8-15(18)3/h6-12,16H,1-5H3,(H,20,22)/t16-/m1/s1. The maximum absolute atomic E-state index is 12.7. The van der Waals surface area contributed by atoms with Crippen molar-refractivity contribution in [2.24, 2.45) is 0 Å². The summed E-state index contributed by atoms with van der Waals surface area (Å²) in [6.45, 7) is 7.27. The van der Waals surface area contributed by atoms with Crippen molar-refractivity contribution in [3.8, 4) is 0 Å². The lowest BCUT2D eigenvalue weighted by Gasteiger charge is -2.29. The molecule has 2 rings (SSSR count). The van der Waals surface area contributed by atoms with E-state index in [1.165, 1.54) is 4.31 Å². The molecule has 25 heavy (non-hydrogen) atoms. The van der Waals surface area contributed by atoms with Crippen molar-refractivity contribution in [3.63, 3.8) is 0 Å². The van der Waals surface area contributed by atoms with Crippen molar-refractivity contribution in [2.75, 3.05) is 15.9 Å². The fourth-order valence-electron chi connectivity index (χ4n) is 2.84. The summed E-state index contributed by atoms with van der Waals surface area (Å²) in [7, 11) is -3.63. The highest BCUT2D eigenvalue weighted by atomic mass is 32.2. The van der Waals surface area contributed by atoms with Gasteiger partial charge in [-0.3, -0.25) is 9.10 Å². The van der Waals surface area contributed by atoms with Crippen LogP contribution in [0.15, 0.2) is 42.5 Å². The van der Waals surface area contributed by atoms with Crippen LogP contribution < -0.4 is 9.62 Å². The number of benzene rings is 2. The van der Waals surface area contributed by atoms with E-state index < -0.39 is 16.1 Å². The maximum Gasteiger partial charge on any atom is 0.248 e. The van der Waals surface area contributed by atoms with Gasteiger partial charge in [-0.1, -0.05) is 24.3 Å². The van der Waals surface area contributed by atoms with Gasteiger partial charge in [0, 0.05) is 5.69 Å². The molecule has 5 nitrogen and oxygen atoms in total. The number of carbonyl (C=O) groups is 1. The molecule has 0 fully saturated rings. The van der Waals surface area contributed by atoms with Crippen LogP contribution in [0.5, 0.6) is 0 Å². The third-order valence-electron chi connectivity index (χ3n) is 3.95. The Morgan fingerprint density at radius 2 is 1.60 bits per heavy atom. The summed E-state index contributed by atoms with van der Waals surface area (Å²) in [6, 6.07) is 12.0. The first-order chi connectivity index (χ1) is 11.6. The molecule has 1 amide bonds. The first-order valence-electron chi connectivity index (χ1n) is 8.04. The van der Waals surface area contributed by atoms with Crippen LogP contribution in [0.1, 0.15) is 23.6 Å². The van der Waals surface area contributed by atoms with Gasteiger partial charge in [-0.05, 0) is 62.6 Å². The molecule has 6 heteroatoms. The Kier molecular flexibility index (Phi) is 5.52. The maximum atomic E-state index is 12.7. The van der Waals surface area contributed by atoms with Crippen LogP contribution in [-0.2, 0) is 14.8 Å². The molecule has 0 saturated carbocycles. The molecule has 1 N–H and O–H groups in total. The van der Waals surface area contributed by atoms with Gasteiger partial charge < -0.3 is 5.32 Å². The molecule has 0 radical (unpaired) electrons. The van der Waals surface area contributed by atoms with Gasteiger partial charge in [0.25, 0.3) is 0 Å². The molecule has 0 aromatic heterocycles. The van der Waals surface area contributed by atoms with Gasteiger partial charge in [0.05, 0.1) is 11.9 Å². The third kappa shape index (κ3) is 4.60. The number of aryl methyl sites for hydroxylation is 3. The molecule has 134 valence electrons. The number of hydrogen-bond donors (Lipinski definition) is 1. The third-order valence-corrected chi connectivity index (χ3v) is 5.19. The average Bonchev–Trinajstić information content (AvgIpc) is 2.47. The second kappa shape index (κ2) is 7.27. The van der Waals surface area contributed by atoms with Gasteiger partial charge in [-0.2, -0.15) is 0 Å². The number of carbonyl (C=O) groups excluding carboxylic acids is 1. The van der Waals surface area contributed by atoms with E-state index in [1.54, 1.807) is 25.1 Å². The fraction of sp³-hybridized carbons (Fsp3) is 0.316. The Bertz CT molecular complexity index is 871. The van der Waals surface area contributed by atoms with Crippen molar-refractivity contribution in [2.45, 2.75) is 33.7 Å². The van der Waals surface area contributed by atoms with Crippen LogP contribution in [0.3, 0.4) is 0 Å². The summed E-state index contributed by atoms with van der Waals surface area (Å²) in [5.41, 5.74) is 3.96. The van der Waals surface area contributed by atoms with Crippen molar-refractivity contribution >= 4 is 27.3 Å². The molecule has 1 atom stereocenters. The van der Waals surface area contributed by atoms with Crippen LogP contribution in [0.2, 0.25) is 0 Å². The summed E-state index contributed by atoms with van der Waals surface area (Å²) < 4.78 is 25.9. The lowest BCUT2D eigenvalue weighted by atomic mass is 10.1. The predicted octanol–water partition coefficient (Wildman–Crippen LogP) is 3.41. The highest BCUT2D eigenvalue weighted by molar-refractivity contribution is 7.92. The highest BCUT2D eigenvalue weighted by Gasteiger charge is 2.29. The summed E-state index contributed by atoms with van der Waals surface area (Å²) in [6.07, 6.45) is 1.11. The van der Waals surface area contributed by atoms with Crippen LogP contribution >= 0.6 is 0 Å². The zero-order valence-corrected chi connectivity index (χ0v) is 16.0. The molecule has 0 unspecified atom stereocenters. The Morgan fingerprint density at radius 1 is 1.04 bits per heavy atom. The van der Waals surface area contributed by atoms with E-state index in [9.17, 15) is 13.2 Å². The van der Waals surface area contributed by atoms with Gasteiger partial charge in [-0.15, -0.1) is 0 Å². The largest absolute Gasteiger partial charge is 0.324 e. The van der Waals surface area contributed by atoms with E-state index in [0.29, 0.717) is 11.4 Å². The molecular weight excluding hydrogens is 336 g/mol. The van der Waals surface area contributed by atoms with Crippen LogP contribution in [-0.4, -0.2) is 26.6 Å². The quantitative estimate of drug-likeness (QED) is 0.888. The van der Waals surface area contributed by atoms with Crippen molar-refractivity contribution < 1.29 is 13.2 Å². The molecule has 0 bridgehead atoms. The number of para-hydroxylation sites is 1. The predicted molar refractivity (Wildman–Crippen MR) is 103 cm³/mol. The Hall–Kier alpha value is -2.34. The normalized spacial score (nSPS) is 12.5. The summed E-state index contributed by atoms with van der Waals surface area (Å²) in [5.74, 6) is -0.376. The highest BCUT2D eigenvalue weighted by Crippen LogP contribution is 2.24. The Morgan fingerprint density at radius 3 is 2.12 bits per heavy atom. The fourth-order valence-corrected chi connectivity index (χ4v) is 4.00. The molecule has 2 aromatic rings. The number of hydrogen-bond acceptors (Lipinski definition) is 3. The minimum atomic E-state index is -3.63. The first kappa shape index (κ1) is 19.0. The van der Waals surface area contributed by atoms with Crippen molar-refractivity contribution in [3.05, 3.63) is 59.2 Å². The van der Waals surface area contributed by atoms with Crippen molar-refractivity contribution in [1.82, 2.24) is 0 Å². The lowest BCUT2D eigenvalue weighted by Crippen LogP contribution is -2.45. The minimum Gasteiger partial charge on any atom is -0.324 e. The van der Waals surface area contributed by atoms with Crippen LogP contribution in [0.25, 0.3) is 0 Å². The summed E-state index contributed by atoms with van der Waals surface area (Å²) in [4.78, 5) is 12.7. The monoisotopic (exact) mass is 360 g/mol. The van der Waals surface area contributed by atoms with Gasteiger partial charge in [0.15, 0.2) is 0 Å². The lowest BCUT2D eigenvalue weighted by molar-refractivity contribution is -0.116. The molecular formula is C19H24N2O3S. The van der Waals surface area contributed by atoms with E-state index in [1.807, 2.05) is 45.0 Å². The van der Waals surface area contributed by atoms with Gasteiger partial charge in [0.1, 0.15) is 6.04 Å².